The van der Waals surface area contributed by atoms with Gasteiger partial charge in [-0.1, -0.05) is 6.92 Å². The van der Waals surface area contributed by atoms with Crippen LogP contribution in [0.2, 0.25) is 0 Å². The third kappa shape index (κ3) is 4.38. The van der Waals surface area contributed by atoms with E-state index in [0.29, 0.717) is 6.54 Å². The van der Waals surface area contributed by atoms with Crippen LogP contribution in [-0.4, -0.2) is 20.8 Å². The topological polar surface area (TPSA) is 72.2 Å². The van der Waals surface area contributed by atoms with Crippen molar-refractivity contribution in [1.29, 1.82) is 0 Å². The zero-order valence-electron chi connectivity index (χ0n) is 5.42. The molecule has 0 spiro atoms. The van der Waals surface area contributed by atoms with Gasteiger partial charge >= 0.3 is 0 Å². The molecule has 0 aliphatic carbocycles. The largest absolute Gasteiger partial charge is 0.317 e. The molecule has 0 saturated carbocycles. The molecule has 5 heteroatoms. The highest BCUT2D eigenvalue weighted by molar-refractivity contribution is 7.89. The predicted molar refractivity (Wildman–Crippen MR) is 36.3 cm³/mol. The van der Waals surface area contributed by atoms with Gasteiger partial charge in [0.15, 0.2) is 0 Å². The first-order chi connectivity index (χ1) is 4.12. The Bertz CT molecular complexity index is 152. The standard InChI is InChI=1S/C4H12N2O2S/c1-2-3-6-9(7,8)4-5/h6H,2-5H2,1H3. The Balaban J connectivity index is 3.61. The summed E-state index contributed by atoms with van der Waals surface area (Å²) in [5, 5.41) is 0. The van der Waals surface area contributed by atoms with Gasteiger partial charge in [0.05, 0.1) is 0 Å². The number of nitrogens with one attached hydrogen (secondary N) is 1. The Labute approximate surface area is 55.5 Å². The van der Waals surface area contributed by atoms with E-state index in [-0.39, 0.29) is 5.88 Å². The zero-order chi connectivity index (χ0) is 7.33. The van der Waals surface area contributed by atoms with Crippen molar-refractivity contribution in [3.63, 3.8) is 0 Å². The highest BCUT2D eigenvalue weighted by Crippen LogP contribution is 1.78. The average molecular weight is 152 g/mol. The van der Waals surface area contributed by atoms with Crippen LogP contribution in [0, 0.1) is 0 Å². The van der Waals surface area contributed by atoms with Gasteiger partial charge in [-0.3, -0.25) is 0 Å². The van der Waals surface area contributed by atoms with Crippen molar-refractivity contribution < 1.29 is 8.42 Å². The summed E-state index contributed by atoms with van der Waals surface area (Å²) in [6.45, 7) is 2.36. The van der Waals surface area contributed by atoms with Crippen LogP contribution in [0.1, 0.15) is 13.3 Å². The van der Waals surface area contributed by atoms with Gasteiger partial charge in [-0.05, 0) is 6.42 Å². The van der Waals surface area contributed by atoms with Gasteiger partial charge in [-0.25, -0.2) is 13.1 Å². The minimum absolute atomic E-state index is 0.326. The maximum Gasteiger partial charge on any atom is 0.224 e. The summed E-state index contributed by atoms with van der Waals surface area (Å²) < 4.78 is 23.3. The summed E-state index contributed by atoms with van der Waals surface area (Å²) in [6.07, 6.45) is 0.791. The molecule has 0 aliphatic heterocycles. The van der Waals surface area contributed by atoms with Crippen LogP contribution in [0.15, 0.2) is 0 Å². The highest BCUT2D eigenvalue weighted by Gasteiger charge is 2.02. The summed E-state index contributed by atoms with van der Waals surface area (Å²) in [6, 6.07) is 0. The Morgan fingerprint density at radius 1 is 1.56 bits per heavy atom. The second-order valence-corrected chi connectivity index (χ2v) is 3.53. The molecule has 0 aromatic carbocycles. The lowest BCUT2D eigenvalue weighted by atomic mass is 10.5. The van der Waals surface area contributed by atoms with Gasteiger partial charge in [0.2, 0.25) is 10.0 Å². The molecule has 0 rings (SSSR count). The molecule has 0 atom stereocenters. The van der Waals surface area contributed by atoms with Crippen molar-refractivity contribution in [2.75, 3.05) is 12.4 Å². The van der Waals surface area contributed by atoms with Gasteiger partial charge in [0, 0.05) is 6.54 Å². The fraction of sp³-hybridized carbons (Fsp3) is 1.00. The second-order valence-electron chi connectivity index (χ2n) is 1.68. The molecule has 56 valence electrons. The van der Waals surface area contributed by atoms with Crippen molar-refractivity contribution >= 4 is 10.0 Å². The third-order valence-electron chi connectivity index (χ3n) is 0.791. The normalized spacial score (nSPS) is 11.8. The molecule has 0 unspecified atom stereocenters. The molecular formula is C4H12N2O2S. The number of hydrogen-bond acceptors (Lipinski definition) is 3. The number of sulfonamides is 1. The number of rotatable bonds is 4. The lowest BCUT2D eigenvalue weighted by Gasteiger charge is -1.99. The van der Waals surface area contributed by atoms with E-state index in [1.54, 1.807) is 0 Å². The van der Waals surface area contributed by atoms with Crippen LogP contribution >= 0.6 is 0 Å². The minimum atomic E-state index is -3.15. The van der Waals surface area contributed by atoms with E-state index >= 15 is 0 Å². The van der Waals surface area contributed by atoms with E-state index in [2.05, 4.69) is 4.72 Å². The van der Waals surface area contributed by atoms with Gasteiger partial charge in [-0.15, -0.1) is 0 Å². The van der Waals surface area contributed by atoms with Gasteiger partial charge < -0.3 is 5.73 Å². The number of nitrogens with two attached hydrogens (primary N) is 1. The number of hydrogen-bond donors (Lipinski definition) is 2. The van der Waals surface area contributed by atoms with Crippen molar-refractivity contribution in [2.45, 2.75) is 13.3 Å². The van der Waals surface area contributed by atoms with E-state index in [9.17, 15) is 8.42 Å². The third-order valence-corrected chi connectivity index (χ3v) is 1.87. The van der Waals surface area contributed by atoms with Crippen LogP contribution in [0.3, 0.4) is 0 Å². The SMILES string of the molecule is CCCNS(=O)(=O)CN. The summed E-state index contributed by atoms with van der Waals surface area (Å²) >= 11 is 0. The molecular weight excluding hydrogens is 140 g/mol. The fourth-order valence-corrected chi connectivity index (χ4v) is 0.949. The predicted octanol–water partition coefficient (Wildman–Crippen LogP) is -0.768. The molecule has 0 aliphatic rings. The first kappa shape index (κ1) is 8.87. The molecule has 4 nitrogen and oxygen atoms in total. The van der Waals surface area contributed by atoms with Crippen molar-refractivity contribution in [3.8, 4) is 0 Å². The van der Waals surface area contributed by atoms with Crippen molar-refractivity contribution in [2.24, 2.45) is 5.73 Å². The molecule has 9 heavy (non-hydrogen) atoms. The quantitative estimate of drug-likeness (QED) is 0.555. The first-order valence-electron chi connectivity index (χ1n) is 2.80. The van der Waals surface area contributed by atoms with E-state index in [4.69, 9.17) is 5.73 Å². The Morgan fingerprint density at radius 2 is 2.11 bits per heavy atom. The minimum Gasteiger partial charge on any atom is -0.317 e. The summed E-state index contributed by atoms with van der Waals surface area (Å²) in [5.41, 5.74) is 4.90. The molecule has 0 aromatic heterocycles. The average Bonchev–Trinajstić information content (AvgIpc) is 1.84. The second kappa shape index (κ2) is 3.81. The molecule has 0 saturated heterocycles. The van der Waals surface area contributed by atoms with Gasteiger partial charge in [-0.2, -0.15) is 0 Å². The van der Waals surface area contributed by atoms with Crippen LogP contribution in [-0.2, 0) is 10.0 Å². The maximum atomic E-state index is 10.5. The molecule has 0 bridgehead atoms. The van der Waals surface area contributed by atoms with Crippen LogP contribution in [0.4, 0.5) is 0 Å². The van der Waals surface area contributed by atoms with E-state index in [1.807, 2.05) is 6.92 Å². The van der Waals surface area contributed by atoms with Crippen LogP contribution < -0.4 is 10.5 Å². The van der Waals surface area contributed by atoms with E-state index in [1.165, 1.54) is 0 Å². The molecule has 0 aromatic rings. The highest BCUT2D eigenvalue weighted by atomic mass is 32.2. The van der Waals surface area contributed by atoms with E-state index < -0.39 is 10.0 Å². The summed E-state index contributed by atoms with van der Waals surface area (Å²) in [5.74, 6) is -0.326. The monoisotopic (exact) mass is 152 g/mol. The van der Waals surface area contributed by atoms with Crippen molar-refractivity contribution in [1.82, 2.24) is 4.72 Å². The van der Waals surface area contributed by atoms with Gasteiger partial charge in [0.25, 0.3) is 0 Å². The first-order valence-corrected chi connectivity index (χ1v) is 4.45. The molecule has 0 heterocycles. The van der Waals surface area contributed by atoms with Crippen LogP contribution in [0.25, 0.3) is 0 Å². The molecule has 0 fully saturated rings. The zero-order valence-corrected chi connectivity index (χ0v) is 6.24. The smallest absolute Gasteiger partial charge is 0.224 e. The summed E-state index contributed by atoms with van der Waals surface area (Å²) in [7, 11) is -3.15. The van der Waals surface area contributed by atoms with Crippen molar-refractivity contribution in [3.05, 3.63) is 0 Å². The molecule has 0 radical (unpaired) electrons. The van der Waals surface area contributed by atoms with E-state index in [0.717, 1.165) is 6.42 Å². The Kier molecular flexibility index (Phi) is 3.76. The summed E-state index contributed by atoms with van der Waals surface area (Å²) in [4.78, 5) is 0. The molecule has 0 amide bonds. The lowest BCUT2D eigenvalue weighted by molar-refractivity contribution is 0.581. The van der Waals surface area contributed by atoms with Crippen LogP contribution in [0.5, 0.6) is 0 Å². The fourth-order valence-electron chi connectivity index (χ4n) is 0.316. The molecule has 3 N–H and O–H groups in total. The van der Waals surface area contributed by atoms with Gasteiger partial charge in [0.1, 0.15) is 5.88 Å². The lowest BCUT2D eigenvalue weighted by Crippen LogP contribution is -2.30. The Morgan fingerprint density at radius 3 is 2.44 bits per heavy atom. The Hall–Kier alpha value is -0.130. The maximum absolute atomic E-state index is 10.5.